The molecule has 0 heterocycles. The number of aliphatic hydroxyl groups is 1. The molecule has 1 N–H and O–H groups in total. The van der Waals surface area contributed by atoms with Gasteiger partial charge in [0, 0.05) is 0 Å². The van der Waals surface area contributed by atoms with Gasteiger partial charge >= 0.3 is 0 Å². The van der Waals surface area contributed by atoms with E-state index in [-0.39, 0.29) is 0 Å². The molecule has 0 aliphatic heterocycles. The molecule has 0 radical (unpaired) electrons. The van der Waals surface area contributed by atoms with Crippen molar-refractivity contribution in [1.29, 1.82) is 0 Å². The van der Waals surface area contributed by atoms with Crippen LogP contribution in [0.5, 0.6) is 0 Å². The van der Waals surface area contributed by atoms with Gasteiger partial charge < -0.3 is 9.84 Å². The van der Waals surface area contributed by atoms with Crippen LogP contribution in [0.3, 0.4) is 0 Å². The van der Waals surface area contributed by atoms with Gasteiger partial charge in [0.1, 0.15) is 4.61 Å². The maximum absolute atomic E-state index is 8.63. The van der Waals surface area contributed by atoms with Crippen LogP contribution in [0, 0.1) is 0 Å². The summed E-state index contributed by atoms with van der Waals surface area (Å²) < 4.78 is 5.30. The Hall–Kier alpha value is 0.650. The zero-order valence-electron chi connectivity index (χ0n) is 4.22. The van der Waals surface area contributed by atoms with Gasteiger partial charge in [-0.25, -0.2) is 0 Å². The quantitative estimate of drug-likeness (QED) is 0.435. The molecule has 0 aromatic rings. The van der Waals surface area contributed by atoms with Crippen molar-refractivity contribution in [2.75, 3.05) is 4.61 Å². The van der Waals surface area contributed by atoms with Crippen LogP contribution < -0.4 is 0 Å². The Labute approximate surface area is 57.0 Å². The van der Waals surface area contributed by atoms with E-state index < -0.39 is 6.29 Å². The van der Waals surface area contributed by atoms with Crippen molar-refractivity contribution >= 4 is 22.6 Å². The predicted octanol–water partition coefficient (Wildman–Crippen LogP) is 1.12. The lowest BCUT2D eigenvalue weighted by atomic mass is 10.5. The molecule has 1 atom stereocenters. The van der Waals surface area contributed by atoms with Crippen molar-refractivity contribution in [2.24, 2.45) is 0 Å². The Morgan fingerprint density at radius 1 is 1.86 bits per heavy atom. The van der Waals surface area contributed by atoms with Crippen LogP contribution in [-0.2, 0) is 4.74 Å². The number of alkyl halides is 1. The Morgan fingerprint density at radius 2 is 2.43 bits per heavy atom. The minimum atomic E-state index is -0.558. The third-order valence-corrected chi connectivity index (χ3v) is 0.964. The molecule has 1 unspecified atom stereocenters. The van der Waals surface area contributed by atoms with E-state index in [0.717, 1.165) is 0 Å². The van der Waals surface area contributed by atoms with E-state index in [1.165, 1.54) is 0 Å². The third kappa shape index (κ3) is 4.50. The fourth-order valence-electron chi connectivity index (χ4n) is 0.191. The molecule has 0 saturated heterocycles. The molecular weight excluding hydrogens is 207 g/mol. The van der Waals surface area contributed by atoms with Crippen molar-refractivity contribution in [3.8, 4) is 0 Å². The third-order valence-electron chi connectivity index (χ3n) is 0.605. The first-order valence-electron chi connectivity index (χ1n) is 2.17. The fraction of sp³-hybridized carbons (Fsp3) is 1.00. The van der Waals surface area contributed by atoms with E-state index in [4.69, 9.17) is 9.84 Å². The molecule has 7 heavy (non-hydrogen) atoms. The summed E-state index contributed by atoms with van der Waals surface area (Å²) in [4.78, 5) is 0. The van der Waals surface area contributed by atoms with Gasteiger partial charge in [-0.05, 0) is 6.42 Å². The van der Waals surface area contributed by atoms with Gasteiger partial charge in [-0.15, -0.1) is 0 Å². The molecule has 0 fully saturated rings. The second-order valence-corrected chi connectivity index (χ2v) is 1.76. The Morgan fingerprint density at radius 3 is 2.57 bits per heavy atom. The summed E-state index contributed by atoms with van der Waals surface area (Å²) in [5.74, 6) is 0. The number of hydrogen-bond donors (Lipinski definition) is 1. The van der Waals surface area contributed by atoms with Crippen LogP contribution in [-0.4, -0.2) is 16.0 Å². The van der Waals surface area contributed by atoms with Crippen molar-refractivity contribution < 1.29 is 9.84 Å². The first-order chi connectivity index (χ1) is 3.31. The predicted molar refractivity (Wildman–Crippen MR) is 36.3 cm³/mol. The maximum Gasteiger partial charge on any atom is 0.155 e. The van der Waals surface area contributed by atoms with Crippen molar-refractivity contribution in [1.82, 2.24) is 0 Å². The molecule has 0 aromatic heterocycles. The first kappa shape index (κ1) is 7.65. The molecule has 0 amide bonds. The van der Waals surface area contributed by atoms with Crippen LogP contribution in [0.2, 0.25) is 0 Å². The summed E-state index contributed by atoms with van der Waals surface area (Å²) in [5.41, 5.74) is 0. The first-order valence-corrected chi connectivity index (χ1v) is 3.69. The van der Waals surface area contributed by atoms with Gasteiger partial charge in [0.15, 0.2) is 6.29 Å². The zero-order valence-corrected chi connectivity index (χ0v) is 6.38. The lowest BCUT2D eigenvalue weighted by Gasteiger charge is -2.03. The molecule has 3 heteroatoms. The molecule has 0 saturated carbocycles. The number of ether oxygens (including phenoxy) is 1. The summed E-state index contributed by atoms with van der Waals surface area (Å²) in [7, 11) is 0. The minimum absolute atomic E-state index is 0.558. The second-order valence-electron chi connectivity index (χ2n) is 1.14. The summed E-state index contributed by atoms with van der Waals surface area (Å²) in [5, 5.41) is 8.63. The molecule has 44 valence electrons. The SMILES string of the molecule is CCC(O)OCI. The average molecular weight is 216 g/mol. The maximum atomic E-state index is 8.63. The average Bonchev–Trinajstić information content (AvgIpc) is 1.68. The van der Waals surface area contributed by atoms with Gasteiger partial charge in [-0.2, -0.15) is 0 Å². The minimum Gasteiger partial charge on any atom is -0.368 e. The lowest BCUT2D eigenvalue weighted by molar-refractivity contribution is -0.0781. The summed E-state index contributed by atoms with van der Waals surface area (Å²) >= 11 is 2.04. The van der Waals surface area contributed by atoms with E-state index in [2.05, 4.69) is 0 Å². The van der Waals surface area contributed by atoms with Gasteiger partial charge in [0.05, 0.1) is 0 Å². The number of halogens is 1. The van der Waals surface area contributed by atoms with Crippen molar-refractivity contribution in [3.05, 3.63) is 0 Å². The van der Waals surface area contributed by atoms with E-state index in [1.54, 1.807) is 0 Å². The van der Waals surface area contributed by atoms with Crippen molar-refractivity contribution in [3.63, 3.8) is 0 Å². The van der Waals surface area contributed by atoms with Crippen LogP contribution in [0.25, 0.3) is 0 Å². The Bertz CT molecular complexity index is 40.7. The van der Waals surface area contributed by atoms with Crippen molar-refractivity contribution in [2.45, 2.75) is 19.6 Å². The highest BCUT2D eigenvalue weighted by molar-refractivity contribution is 14.1. The van der Waals surface area contributed by atoms with Gasteiger partial charge in [0.2, 0.25) is 0 Å². The molecule has 0 aliphatic carbocycles. The number of rotatable bonds is 3. The van der Waals surface area contributed by atoms with Gasteiger partial charge in [-0.1, -0.05) is 29.5 Å². The second kappa shape index (κ2) is 4.80. The van der Waals surface area contributed by atoms with E-state index in [0.29, 0.717) is 11.0 Å². The molecule has 2 nitrogen and oxygen atoms in total. The van der Waals surface area contributed by atoms with Crippen LogP contribution in [0.1, 0.15) is 13.3 Å². The molecule has 0 spiro atoms. The van der Waals surface area contributed by atoms with Gasteiger partial charge in [-0.3, -0.25) is 0 Å². The Balaban J connectivity index is 2.83. The highest BCUT2D eigenvalue weighted by Crippen LogP contribution is 1.93. The molecule has 0 bridgehead atoms. The molecular formula is C4H9IO2. The molecule has 0 aromatic carbocycles. The number of hydrogen-bond acceptors (Lipinski definition) is 2. The zero-order chi connectivity index (χ0) is 5.70. The molecule has 0 rings (SSSR count). The normalized spacial score (nSPS) is 14.1. The standard InChI is InChI=1S/C4H9IO2/c1-2-4(6)7-3-5/h4,6H,2-3H2,1H3. The highest BCUT2D eigenvalue weighted by atomic mass is 127. The monoisotopic (exact) mass is 216 g/mol. The van der Waals surface area contributed by atoms with E-state index in [1.807, 2.05) is 29.5 Å². The highest BCUT2D eigenvalue weighted by Gasteiger charge is 1.94. The largest absolute Gasteiger partial charge is 0.368 e. The summed E-state index contributed by atoms with van der Waals surface area (Å²) in [6.07, 6.45) is 0.111. The van der Waals surface area contributed by atoms with E-state index in [9.17, 15) is 0 Å². The summed E-state index contributed by atoms with van der Waals surface area (Å²) in [6, 6.07) is 0. The van der Waals surface area contributed by atoms with Crippen LogP contribution in [0.15, 0.2) is 0 Å². The fourth-order valence-corrected chi connectivity index (χ4v) is 0.606. The smallest absolute Gasteiger partial charge is 0.155 e. The molecule has 0 aliphatic rings. The Kier molecular flexibility index (Phi) is 5.25. The van der Waals surface area contributed by atoms with Crippen LogP contribution in [0.4, 0.5) is 0 Å². The van der Waals surface area contributed by atoms with Crippen LogP contribution >= 0.6 is 22.6 Å². The summed E-state index contributed by atoms with van der Waals surface area (Å²) in [6.45, 7) is 1.87. The van der Waals surface area contributed by atoms with E-state index >= 15 is 0 Å². The van der Waals surface area contributed by atoms with Gasteiger partial charge in [0.25, 0.3) is 0 Å². The number of aliphatic hydroxyl groups excluding tert-OH is 1. The topological polar surface area (TPSA) is 29.5 Å². The lowest BCUT2D eigenvalue weighted by Crippen LogP contribution is -2.07.